The van der Waals surface area contributed by atoms with Crippen LogP contribution in [0.15, 0.2) is 48.7 Å². The van der Waals surface area contributed by atoms with Crippen LogP contribution in [0.4, 0.5) is 0 Å². The van der Waals surface area contributed by atoms with E-state index in [1.165, 1.54) is 5.56 Å². The lowest BCUT2D eigenvalue weighted by molar-refractivity contribution is -0.129. The molecule has 120 valence electrons. The highest BCUT2D eigenvalue weighted by Gasteiger charge is 2.33. The van der Waals surface area contributed by atoms with E-state index in [4.69, 9.17) is 0 Å². The molecule has 1 fully saturated rings. The predicted octanol–water partition coefficient (Wildman–Crippen LogP) is 1.99. The molecule has 1 amide bonds. The van der Waals surface area contributed by atoms with E-state index in [0.717, 1.165) is 11.3 Å². The van der Waals surface area contributed by atoms with Gasteiger partial charge >= 0.3 is 0 Å². The van der Waals surface area contributed by atoms with Crippen LogP contribution in [0.25, 0.3) is 0 Å². The summed E-state index contributed by atoms with van der Waals surface area (Å²) >= 11 is 0. The lowest BCUT2D eigenvalue weighted by Gasteiger charge is -2.16. The monoisotopic (exact) mass is 310 g/mol. The van der Waals surface area contributed by atoms with Gasteiger partial charge in [0.2, 0.25) is 5.91 Å². The Morgan fingerprint density at radius 3 is 2.70 bits per heavy atom. The summed E-state index contributed by atoms with van der Waals surface area (Å²) in [6.07, 6.45) is 2.38. The Morgan fingerprint density at radius 1 is 1.22 bits per heavy atom. The van der Waals surface area contributed by atoms with Crippen molar-refractivity contribution >= 4 is 5.91 Å². The Balaban J connectivity index is 1.59. The molecule has 0 unspecified atom stereocenters. The summed E-state index contributed by atoms with van der Waals surface area (Å²) in [5.41, 5.74) is 3.17. The standard InChI is InChI=1S/C19H22N2O2/c1-14-5-7-15(8-6-14)10-19(23)21-12-16(18(22)13-21)11-17-4-2-3-9-20-17/h2-9,16,18,22H,10-13H2,1H3/t16-,18-/m1/s1. The van der Waals surface area contributed by atoms with Crippen LogP contribution in [-0.4, -0.2) is 40.1 Å². The lowest BCUT2D eigenvalue weighted by atomic mass is 10.00. The van der Waals surface area contributed by atoms with Crippen molar-refractivity contribution in [2.75, 3.05) is 13.1 Å². The van der Waals surface area contributed by atoms with E-state index >= 15 is 0 Å². The van der Waals surface area contributed by atoms with Crippen molar-refractivity contribution in [1.82, 2.24) is 9.88 Å². The number of pyridine rings is 1. The van der Waals surface area contributed by atoms with Crippen LogP contribution in [-0.2, 0) is 17.6 Å². The van der Waals surface area contributed by atoms with Crippen molar-refractivity contribution in [3.63, 3.8) is 0 Å². The number of aliphatic hydroxyl groups is 1. The minimum Gasteiger partial charge on any atom is -0.391 e. The number of rotatable bonds is 4. The molecule has 1 aromatic carbocycles. The fourth-order valence-electron chi connectivity index (χ4n) is 3.04. The number of β-amino-alcohol motifs (C(OH)–C–C–N with tert-alkyl or cyclic N) is 1. The van der Waals surface area contributed by atoms with Gasteiger partial charge in [0.25, 0.3) is 0 Å². The molecule has 23 heavy (non-hydrogen) atoms. The first-order valence-corrected chi connectivity index (χ1v) is 8.03. The molecule has 0 aliphatic carbocycles. The average Bonchev–Trinajstić information content (AvgIpc) is 2.92. The van der Waals surface area contributed by atoms with Crippen LogP contribution >= 0.6 is 0 Å². The smallest absolute Gasteiger partial charge is 0.227 e. The molecule has 1 aliphatic heterocycles. The second-order valence-electron chi connectivity index (χ2n) is 6.31. The van der Waals surface area contributed by atoms with Crippen LogP contribution in [0.2, 0.25) is 0 Å². The first-order valence-electron chi connectivity index (χ1n) is 8.03. The highest BCUT2D eigenvalue weighted by molar-refractivity contribution is 5.79. The Hall–Kier alpha value is -2.20. The highest BCUT2D eigenvalue weighted by Crippen LogP contribution is 2.21. The zero-order chi connectivity index (χ0) is 16.2. The number of benzene rings is 1. The van der Waals surface area contributed by atoms with Crippen molar-refractivity contribution in [3.05, 3.63) is 65.5 Å². The van der Waals surface area contributed by atoms with Gasteiger partial charge < -0.3 is 10.0 Å². The Labute approximate surface area is 136 Å². The Morgan fingerprint density at radius 2 is 2.00 bits per heavy atom. The summed E-state index contributed by atoms with van der Waals surface area (Å²) in [5.74, 6) is 0.142. The summed E-state index contributed by atoms with van der Waals surface area (Å²) < 4.78 is 0. The van der Waals surface area contributed by atoms with Crippen LogP contribution in [0.1, 0.15) is 16.8 Å². The minimum atomic E-state index is -0.473. The lowest BCUT2D eigenvalue weighted by Crippen LogP contribution is -2.31. The van der Waals surface area contributed by atoms with Crippen LogP contribution in [0.5, 0.6) is 0 Å². The molecule has 2 atom stereocenters. The maximum Gasteiger partial charge on any atom is 0.227 e. The molecule has 0 spiro atoms. The van der Waals surface area contributed by atoms with Gasteiger partial charge in [-0.05, 0) is 31.0 Å². The van der Waals surface area contributed by atoms with Gasteiger partial charge in [-0.15, -0.1) is 0 Å². The molecule has 2 heterocycles. The molecule has 1 aliphatic rings. The van der Waals surface area contributed by atoms with Gasteiger partial charge in [-0.1, -0.05) is 35.9 Å². The number of carbonyl (C=O) groups is 1. The molecule has 1 aromatic heterocycles. The molecule has 0 saturated carbocycles. The van der Waals surface area contributed by atoms with E-state index < -0.39 is 6.10 Å². The average molecular weight is 310 g/mol. The maximum absolute atomic E-state index is 12.4. The van der Waals surface area contributed by atoms with Gasteiger partial charge in [0.1, 0.15) is 0 Å². The normalized spacial score (nSPS) is 20.7. The number of likely N-dealkylation sites (tertiary alicyclic amines) is 1. The molecule has 1 saturated heterocycles. The topological polar surface area (TPSA) is 53.4 Å². The van der Waals surface area contributed by atoms with Crippen molar-refractivity contribution in [2.24, 2.45) is 5.92 Å². The second-order valence-corrected chi connectivity index (χ2v) is 6.31. The van der Waals surface area contributed by atoms with Gasteiger partial charge in [0, 0.05) is 30.9 Å². The van der Waals surface area contributed by atoms with E-state index in [9.17, 15) is 9.90 Å². The number of hydrogen-bond donors (Lipinski definition) is 1. The minimum absolute atomic E-state index is 0.0619. The second kappa shape index (κ2) is 6.92. The van der Waals surface area contributed by atoms with E-state index in [1.807, 2.05) is 49.4 Å². The Kier molecular flexibility index (Phi) is 4.72. The summed E-state index contributed by atoms with van der Waals surface area (Å²) in [7, 11) is 0. The van der Waals surface area contributed by atoms with Gasteiger partial charge in [0.15, 0.2) is 0 Å². The maximum atomic E-state index is 12.4. The number of amides is 1. The number of carbonyl (C=O) groups excluding carboxylic acids is 1. The molecule has 0 radical (unpaired) electrons. The zero-order valence-corrected chi connectivity index (χ0v) is 13.4. The van der Waals surface area contributed by atoms with E-state index in [-0.39, 0.29) is 11.8 Å². The largest absolute Gasteiger partial charge is 0.391 e. The number of hydrogen-bond acceptors (Lipinski definition) is 3. The van der Waals surface area contributed by atoms with Crippen molar-refractivity contribution < 1.29 is 9.90 Å². The third-order valence-electron chi connectivity index (χ3n) is 4.43. The Bertz CT molecular complexity index is 655. The van der Waals surface area contributed by atoms with E-state index in [1.54, 1.807) is 11.1 Å². The van der Waals surface area contributed by atoms with E-state index in [0.29, 0.717) is 25.9 Å². The highest BCUT2D eigenvalue weighted by atomic mass is 16.3. The van der Waals surface area contributed by atoms with Gasteiger partial charge in [-0.25, -0.2) is 0 Å². The number of nitrogens with zero attached hydrogens (tertiary/aromatic N) is 2. The third-order valence-corrected chi connectivity index (χ3v) is 4.43. The molecule has 1 N–H and O–H groups in total. The SMILES string of the molecule is Cc1ccc(CC(=O)N2C[C@@H](Cc3ccccn3)[C@H](O)C2)cc1. The van der Waals surface area contributed by atoms with Crippen molar-refractivity contribution in [3.8, 4) is 0 Å². The van der Waals surface area contributed by atoms with Crippen LogP contribution in [0, 0.1) is 12.8 Å². The molecule has 4 nitrogen and oxygen atoms in total. The summed E-state index contributed by atoms with van der Waals surface area (Å²) in [4.78, 5) is 18.5. The molecule has 4 heteroatoms. The van der Waals surface area contributed by atoms with Gasteiger partial charge in [-0.2, -0.15) is 0 Å². The fourth-order valence-corrected chi connectivity index (χ4v) is 3.04. The predicted molar refractivity (Wildman–Crippen MR) is 88.9 cm³/mol. The quantitative estimate of drug-likeness (QED) is 0.939. The molecule has 0 bridgehead atoms. The van der Waals surface area contributed by atoms with Gasteiger partial charge in [-0.3, -0.25) is 9.78 Å². The summed E-state index contributed by atoms with van der Waals surface area (Å²) in [6, 6.07) is 13.8. The molecule has 3 rings (SSSR count). The molecule has 2 aromatic rings. The van der Waals surface area contributed by atoms with Crippen molar-refractivity contribution in [1.29, 1.82) is 0 Å². The van der Waals surface area contributed by atoms with Gasteiger partial charge in [0.05, 0.1) is 12.5 Å². The first-order chi connectivity index (χ1) is 11.1. The number of aromatic nitrogens is 1. The first kappa shape index (κ1) is 15.7. The number of aliphatic hydroxyl groups excluding tert-OH is 1. The van der Waals surface area contributed by atoms with Crippen LogP contribution < -0.4 is 0 Å². The molecular weight excluding hydrogens is 288 g/mol. The van der Waals surface area contributed by atoms with Crippen LogP contribution in [0.3, 0.4) is 0 Å². The fraction of sp³-hybridized carbons (Fsp3) is 0.368. The summed E-state index contributed by atoms with van der Waals surface area (Å²) in [5, 5.41) is 10.3. The van der Waals surface area contributed by atoms with Crippen molar-refractivity contribution in [2.45, 2.75) is 25.9 Å². The van der Waals surface area contributed by atoms with E-state index in [2.05, 4.69) is 4.98 Å². The third kappa shape index (κ3) is 3.96. The summed E-state index contributed by atoms with van der Waals surface area (Å²) in [6.45, 7) is 3.05. The molecular formula is C19H22N2O2. The zero-order valence-electron chi connectivity index (χ0n) is 13.4. The number of aryl methyl sites for hydroxylation is 1.